The molecule has 1 aliphatic heterocycles. The molecule has 1 fully saturated rings. The second-order valence-electron chi connectivity index (χ2n) is 7.58. The molecule has 0 aliphatic carbocycles. The molecular weight excluding hydrogens is 440 g/mol. The number of aromatic hydroxyl groups is 3. The van der Waals surface area contributed by atoms with Gasteiger partial charge in [-0.25, -0.2) is 0 Å². The first-order valence-electron chi connectivity index (χ1n) is 10.1. The van der Waals surface area contributed by atoms with Gasteiger partial charge >= 0.3 is 0 Å². The lowest BCUT2D eigenvalue weighted by Gasteiger charge is -2.39. The largest absolute Gasteiger partial charge is 0.507 e. The van der Waals surface area contributed by atoms with Crippen molar-refractivity contribution >= 4 is 5.78 Å². The zero-order valence-electron chi connectivity index (χ0n) is 17.7. The van der Waals surface area contributed by atoms with Crippen molar-refractivity contribution in [1.82, 2.24) is 0 Å². The third kappa shape index (κ3) is 5.29. The second-order valence-corrected chi connectivity index (χ2v) is 7.58. The summed E-state index contributed by atoms with van der Waals surface area (Å²) in [5, 5.41) is 69.0. The zero-order valence-corrected chi connectivity index (χ0v) is 17.7. The molecule has 5 unspecified atom stereocenters. The Balaban J connectivity index is 1.86. The van der Waals surface area contributed by atoms with E-state index in [4.69, 9.17) is 14.2 Å². The van der Waals surface area contributed by atoms with Crippen LogP contribution in [0.15, 0.2) is 30.3 Å². The quantitative estimate of drug-likeness (QED) is 0.202. The number of carbonyl (C=O) groups excluding carboxylic acids is 1. The van der Waals surface area contributed by atoms with Crippen molar-refractivity contribution in [1.29, 1.82) is 0 Å². The van der Waals surface area contributed by atoms with Crippen molar-refractivity contribution in [3.8, 4) is 28.7 Å². The fourth-order valence-electron chi connectivity index (χ4n) is 3.46. The molecule has 1 saturated heterocycles. The molecule has 180 valence electrons. The predicted octanol–water partition coefficient (Wildman–Crippen LogP) is -0.194. The van der Waals surface area contributed by atoms with Crippen molar-refractivity contribution in [2.75, 3.05) is 13.7 Å². The number of phenols is 3. The Hall–Kier alpha value is -3.09. The molecule has 1 heterocycles. The minimum absolute atomic E-state index is 0.116. The van der Waals surface area contributed by atoms with Crippen LogP contribution in [-0.4, -0.2) is 86.0 Å². The Bertz CT molecular complexity index is 991. The highest BCUT2D eigenvalue weighted by atomic mass is 16.7. The maximum absolute atomic E-state index is 12.9. The lowest BCUT2D eigenvalue weighted by Crippen LogP contribution is -2.60. The van der Waals surface area contributed by atoms with E-state index in [1.165, 1.54) is 37.4 Å². The number of aliphatic hydroxyl groups excluding tert-OH is 4. The molecule has 0 aromatic heterocycles. The third-order valence-corrected chi connectivity index (χ3v) is 5.34. The summed E-state index contributed by atoms with van der Waals surface area (Å²) in [6.45, 7) is -0.667. The van der Waals surface area contributed by atoms with Gasteiger partial charge in [0.15, 0.2) is 17.3 Å². The van der Waals surface area contributed by atoms with E-state index in [0.717, 1.165) is 0 Å². The maximum Gasteiger partial charge on any atom is 0.229 e. The molecular formula is C22H26O11. The van der Waals surface area contributed by atoms with Gasteiger partial charge in [0.1, 0.15) is 47.2 Å². The van der Waals surface area contributed by atoms with Crippen LogP contribution in [0, 0.1) is 0 Å². The fraction of sp³-hybridized carbons (Fsp3) is 0.409. The van der Waals surface area contributed by atoms with Gasteiger partial charge in [-0.05, 0) is 24.1 Å². The second kappa shape index (κ2) is 10.2. The van der Waals surface area contributed by atoms with E-state index < -0.39 is 48.8 Å². The maximum atomic E-state index is 12.9. The summed E-state index contributed by atoms with van der Waals surface area (Å²) in [5.41, 5.74) is 0.318. The number of phenolic OH excluding ortho intramolecular Hbond substituents is 3. The van der Waals surface area contributed by atoms with Crippen molar-refractivity contribution in [2.24, 2.45) is 0 Å². The third-order valence-electron chi connectivity index (χ3n) is 5.34. The van der Waals surface area contributed by atoms with Gasteiger partial charge < -0.3 is 50.0 Å². The van der Waals surface area contributed by atoms with E-state index in [1.807, 2.05) is 0 Å². The van der Waals surface area contributed by atoms with Gasteiger partial charge in [0, 0.05) is 18.6 Å². The van der Waals surface area contributed by atoms with Crippen molar-refractivity contribution in [3.63, 3.8) is 0 Å². The van der Waals surface area contributed by atoms with Crippen LogP contribution in [0.25, 0.3) is 0 Å². The first-order chi connectivity index (χ1) is 15.7. The minimum Gasteiger partial charge on any atom is -0.507 e. The number of aliphatic hydroxyl groups is 4. The van der Waals surface area contributed by atoms with Crippen LogP contribution in [0.1, 0.15) is 22.3 Å². The van der Waals surface area contributed by atoms with Crippen LogP contribution in [0.3, 0.4) is 0 Å². The van der Waals surface area contributed by atoms with E-state index in [9.17, 15) is 40.5 Å². The Morgan fingerprint density at radius 2 is 1.70 bits per heavy atom. The van der Waals surface area contributed by atoms with E-state index >= 15 is 0 Å². The molecule has 0 spiro atoms. The average Bonchev–Trinajstić information content (AvgIpc) is 2.79. The number of ether oxygens (including phenoxy) is 3. The predicted molar refractivity (Wildman–Crippen MR) is 111 cm³/mol. The molecule has 0 radical (unpaired) electrons. The topological polar surface area (TPSA) is 186 Å². The number of aryl methyl sites for hydroxylation is 1. The average molecular weight is 466 g/mol. The molecule has 3 rings (SSSR count). The molecule has 33 heavy (non-hydrogen) atoms. The number of carbonyl (C=O) groups is 1. The highest BCUT2D eigenvalue weighted by Crippen LogP contribution is 2.37. The van der Waals surface area contributed by atoms with E-state index in [-0.39, 0.29) is 41.4 Å². The van der Waals surface area contributed by atoms with Gasteiger partial charge in [0.25, 0.3) is 0 Å². The van der Waals surface area contributed by atoms with Crippen molar-refractivity contribution in [3.05, 3.63) is 41.5 Å². The number of hydrogen-bond acceptors (Lipinski definition) is 11. The van der Waals surface area contributed by atoms with Crippen LogP contribution in [-0.2, 0) is 11.2 Å². The molecule has 11 nitrogen and oxygen atoms in total. The van der Waals surface area contributed by atoms with Gasteiger partial charge in [-0.15, -0.1) is 0 Å². The lowest BCUT2D eigenvalue weighted by molar-refractivity contribution is -0.277. The van der Waals surface area contributed by atoms with Gasteiger partial charge in [-0.2, -0.15) is 0 Å². The summed E-state index contributed by atoms with van der Waals surface area (Å²) >= 11 is 0. The molecule has 2 aromatic carbocycles. The normalized spacial score (nSPS) is 24.9. The molecule has 7 N–H and O–H groups in total. The number of methoxy groups -OCH3 is 1. The Kier molecular flexibility index (Phi) is 7.61. The highest BCUT2D eigenvalue weighted by Gasteiger charge is 2.45. The monoisotopic (exact) mass is 466 g/mol. The summed E-state index contributed by atoms with van der Waals surface area (Å²) in [6, 6.07) is 6.59. The van der Waals surface area contributed by atoms with Crippen LogP contribution >= 0.6 is 0 Å². The summed E-state index contributed by atoms with van der Waals surface area (Å²) in [4.78, 5) is 12.9. The molecule has 5 atom stereocenters. The smallest absolute Gasteiger partial charge is 0.229 e. The highest BCUT2D eigenvalue weighted by molar-refractivity contribution is 6.01. The van der Waals surface area contributed by atoms with Gasteiger partial charge in [0.2, 0.25) is 6.29 Å². The molecule has 0 amide bonds. The summed E-state index contributed by atoms with van der Waals surface area (Å²) in [5.74, 6) is -1.73. The number of benzene rings is 2. The molecule has 1 aliphatic rings. The molecule has 2 aromatic rings. The minimum atomic E-state index is -1.72. The van der Waals surface area contributed by atoms with E-state index in [2.05, 4.69) is 0 Å². The van der Waals surface area contributed by atoms with Crippen LogP contribution in [0.2, 0.25) is 0 Å². The van der Waals surface area contributed by atoms with Crippen LogP contribution in [0.5, 0.6) is 28.7 Å². The first kappa shape index (κ1) is 24.6. The summed E-state index contributed by atoms with van der Waals surface area (Å²) in [7, 11) is 1.32. The van der Waals surface area contributed by atoms with Gasteiger partial charge in [-0.3, -0.25) is 4.79 Å². The number of ketones is 1. The zero-order chi connectivity index (χ0) is 24.3. The van der Waals surface area contributed by atoms with E-state index in [1.54, 1.807) is 0 Å². The fourth-order valence-corrected chi connectivity index (χ4v) is 3.46. The van der Waals surface area contributed by atoms with Crippen LogP contribution in [0.4, 0.5) is 0 Å². The summed E-state index contributed by atoms with van der Waals surface area (Å²) < 4.78 is 16.0. The molecule has 11 heteroatoms. The number of rotatable bonds is 8. The van der Waals surface area contributed by atoms with Crippen molar-refractivity contribution in [2.45, 2.75) is 43.5 Å². The first-order valence-corrected chi connectivity index (χ1v) is 10.1. The Morgan fingerprint density at radius 1 is 0.970 bits per heavy atom. The molecule has 0 saturated carbocycles. The number of Topliss-reactive ketones (excluding diaryl/α,β-unsaturated/α-hetero) is 1. The van der Waals surface area contributed by atoms with E-state index in [0.29, 0.717) is 5.56 Å². The Labute approximate surface area is 188 Å². The molecule has 0 bridgehead atoms. The van der Waals surface area contributed by atoms with Crippen LogP contribution < -0.4 is 9.47 Å². The standard InChI is InChI=1S/C22H26O11/c1-31-11-7-15(27)18(13(25)5-3-10-2-4-12(24)14(26)6-10)16(8-11)32-22-21(30)20(29)19(28)17(9-23)33-22/h2,4,6-8,17,19-24,26-30H,3,5,9H2,1H3. The number of hydrogen-bond donors (Lipinski definition) is 7. The van der Waals surface area contributed by atoms with Gasteiger partial charge in [0.05, 0.1) is 13.7 Å². The van der Waals surface area contributed by atoms with Crippen molar-refractivity contribution < 1.29 is 54.8 Å². The lowest BCUT2D eigenvalue weighted by atomic mass is 9.98. The summed E-state index contributed by atoms with van der Waals surface area (Å²) in [6.07, 6.45) is -7.76. The Morgan fingerprint density at radius 3 is 2.33 bits per heavy atom. The van der Waals surface area contributed by atoms with Gasteiger partial charge in [-0.1, -0.05) is 6.07 Å². The SMILES string of the molecule is COc1cc(O)c(C(=O)CCc2ccc(O)c(O)c2)c(OC2OC(CO)C(O)C(O)C2O)c1.